The zero-order chi connectivity index (χ0) is 13.7. The fraction of sp³-hybridized carbons (Fsp3) is 0.0769. The van der Waals surface area contributed by atoms with E-state index in [9.17, 15) is 4.79 Å². The molecule has 0 radical (unpaired) electrons. The van der Waals surface area contributed by atoms with Gasteiger partial charge in [-0.3, -0.25) is 9.78 Å². The van der Waals surface area contributed by atoms with E-state index in [4.69, 9.17) is 27.9 Å². The van der Waals surface area contributed by atoms with Crippen molar-refractivity contribution < 1.29 is 9.53 Å². The fourth-order valence-electron chi connectivity index (χ4n) is 1.37. The lowest BCUT2D eigenvalue weighted by Crippen LogP contribution is -2.20. The number of rotatable bonds is 4. The molecule has 6 heteroatoms. The van der Waals surface area contributed by atoms with Gasteiger partial charge in [-0.1, -0.05) is 29.3 Å². The van der Waals surface area contributed by atoms with Crippen molar-refractivity contribution in [2.24, 2.45) is 0 Å². The number of benzene rings is 1. The highest BCUT2D eigenvalue weighted by Gasteiger charge is 2.10. The number of hydrogen-bond acceptors (Lipinski definition) is 3. The molecule has 0 saturated carbocycles. The number of para-hydroxylation sites is 1. The first-order chi connectivity index (χ1) is 9.16. The molecule has 0 atom stereocenters. The number of aromatic nitrogens is 1. The van der Waals surface area contributed by atoms with Gasteiger partial charge < -0.3 is 10.1 Å². The lowest BCUT2D eigenvalue weighted by Gasteiger charge is -2.09. The molecule has 2 rings (SSSR count). The molecule has 19 heavy (non-hydrogen) atoms. The number of nitrogens with zero attached hydrogens (tertiary/aromatic N) is 1. The van der Waals surface area contributed by atoms with Crippen molar-refractivity contribution in [1.82, 2.24) is 4.98 Å². The molecule has 0 bridgehead atoms. The fourth-order valence-corrected chi connectivity index (χ4v) is 1.87. The maximum atomic E-state index is 11.7. The van der Waals surface area contributed by atoms with Crippen LogP contribution in [-0.2, 0) is 4.79 Å². The minimum absolute atomic E-state index is 0.146. The Morgan fingerprint density at radius 1 is 1.21 bits per heavy atom. The van der Waals surface area contributed by atoms with Crippen molar-refractivity contribution in [3.05, 3.63) is 52.8 Å². The van der Waals surface area contributed by atoms with Gasteiger partial charge >= 0.3 is 0 Å². The van der Waals surface area contributed by atoms with Gasteiger partial charge in [-0.15, -0.1) is 0 Å². The Labute approximate surface area is 120 Å². The molecule has 1 amide bonds. The minimum Gasteiger partial charge on any atom is -0.482 e. The highest BCUT2D eigenvalue weighted by Crippen LogP contribution is 2.29. The smallest absolute Gasteiger partial charge is 0.262 e. The quantitative estimate of drug-likeness (QED) is 0.941. The lowest BCUT2D eigenvalue weighted by atomic mass is 10.3. The summed E-state index contributed by atoms with van der Waals surface area (Å²) in [5.41, 5.74) is 0.380. The zero-order valence-electron chi connectivity index (χ0n) is 9.77. The second-order valence-electron chi connectivity index (χ2n) is 3.62. The predicted octanol–water partition coefficient (Wildman–Crippen LogP) is 3.41. The molecule has 0 saturated heterocycles. The predicted molar refractivity (Wildman–Crippen MR) is 74.8 cm³/mol. The van der Waals surface area contributed by atoms with E-state index in [0.29, 0.717) is 21.5 Å². The van der Waals surface area contributed by atoms with E-state index in [0.717, 1.165) is 0 Å². The highest BCUT2D eigenvalue weighted by molar-refractivity contribution is 6.39. The molecular weight excluding hydrogens is 287 g/mol. The number of ether oxygens (including phenoxy) is 1. The van der Waals surface area contributed by atoms with Crippen molar-refractivity contribution in [3.63, 3.8) is 0 Å². The molecule has 0 spiro atoms. The monoisotopic (exact) mass is 296 g/mol. The summed E-state index contributed by atoms with van der Waals surface area (Å²) < 4.78 is 5.26. The second kappa shape index (κ2) is 6.41. The van der Waals surface area contributed by atoms with Gasteiger partial charge in [0.2, 0.25) is 0 Å². The average Bonchev–Trinajstić information content (AvgIpc) is 2.42. The molecule has 4 nitrogen and oxygen atoms in total. The molecule has 0 unspecified atom stereocenters. The Morgan fingerprint density at radius 3 is 2.58 bits per heavy atom. The third-order valence-electron chi connectivity index (χ3n) is 2.23. The number of carbonyl (C=O) groups excluding carboxylic acids is 1. The summed E-state index contributed by atoms with van der Waals surface area (Å²) in [6.07, 6.45) is 3.15. The van der Waals surface area contributed by atoms with E-state index < -0.39 is 0 Å². The van der Waals surface area contributed by atoms with Gasteiger partial charge in [-0.05, 0) is 24.3 Å². The van der Waals surface area contributed by atoms with Crippen LogP contribution in [0.1, 0.15) is 0 Å². The third-order valence-corrected chi connectivity index (χ3v) is 2.86. The standard InChI is InChI=1S/C13H10Cl2N2O2/c14-10-4-1-5-11(15)13(10)17-12(18)8-19-9-3-2-6-16-7-9/h1-7H,8H2,(H,17,18). The van der Waals surface area contributed by atoms with Crippen LogP contribution in [0.2, 0.25) is 10.0 Å². The molecule has 0 aliphatic rings. The van der Waals surface area contributed by atoms with Crippen LogP contribution >= 0.6 is 23.2 Å². The van der Waals surface area contributed by atoms with Crippen LogP contribution in [0.15, 0.2) is 42.7 Å². The summed E-state index contributed by atoms with van der Waals surface area (Å²) in [5, 5.41) is 3.35. The van der Waals surface area contributed by atoms with Crippen molar-refractivity contribution in [1.29, 1.82) is 0 Å². The molecule has 1 aromatic heterocycles. The summed E-state index contributed by atoms with van der Waals surface area (Å²) in [7, 11) is 0. The van der Waals surface area contributed by atoms with Crippen molar-refractivity contribution in [2.45, 2.75) is 0 Å². The number of anilines is 1. The van der Waals surface area contributed by atoms with Crippen molar-refractivity contribution in [2.75, 3.05) is 11.9 Å². The van der Waals surface area contributed by atoms with Crippen LogP contribution in [0.4, 0.5) is 5.69 Å². The Kier molecular flexibility index (Phi) is 4.60. The van der Waals surface area contributed by atoms with Crippen LogP contribution in [0, 0.1) is 0 Å². The summed E-state index contributed by atoms with van der Waals surface area (Å²) in [4.78, 5) is 15.6. The molecule has 1 aromatic carbocycles. The van der Waals surface area contributed by atoms with Crippen LogP contribution in [0.3, 0.4) is 0 Å². The maximum Gasteiger partial charge on any atom is 0.262 e. The van der Waals surface area contributed by atoms with E-state index in [-0.39, 0.29) is 12.5 Å². The van der Waals surface area contributed by atoms with Gasteiger partial charge in [0.05, 0.1) is 21.9 Å². The van der Waals surface area contributed by atoms with Gasteiger partial charge in [0.25, 0.3) is 5.91 Å². The summed E-state index contributed by atoms with van der Waals surface area (Å²) in [6, 6.07) is 8.42. The summed E-state index contributed by atoms with van der Waals surface area (Å²) >= 11 is 11.9. The van der Waals surface area contributed by atoms with Crippen molar-refractivity contribution >= 4 is 34.8 Å². The SMILES string of the molecule is O=C(COc1cccnc1)Nc1c(Cl)cccc1Cl. The number of pyridine rings is 1. The van der Waals surface area contributed by atoms with Gasteiger partial charge in [0.1, 0.15) is 5.75 Å². The normalized spacial score (nSPS) is 10.0. The van der Waals surface area contributed by atoms with E-state index in [2.05, 4.69) is 10.3 Å². The molecular formula is C13H10Cl2N2O2. The van der Waals surface area contributed by atoms with E-state index in [1.165, 1.54) is 6.20 Å². The third kappa shape index (κ3) is 3.84. The lowest BCUT2D eigenvalue weighted by molar-refractivity contribution is -0.118. The van der Waals surface area contributed by atoms with Gasteiger partial charge in [-0.25, -0.2) is 0 Å². The number of nitrogens with one attached hydrogen (secondary N) is 1. The van der Waals surface area contributed by atoms with Gasteiger partial charge in [0.15, 0.2) is 6.61 Å². The van der Waals surface area contributed by atoms with Crippen LogP contribution in [0.25, 0.3) is 0 Å². The van der Waals surface area contributed by atoms with Crippen LogP contribution < -0.4 is 10.1 Å². The molecule has 2 aromatic rings. The number of amides is 1. The number of carbonyl (C=O) groups is 1. The number of hydrogen-bond donors (Lipinski definition) is 1. The maximum absolute atomic E-state index is 11.7. The summed E-state index contributed by atoms with van der Waals surface area (Å²) in [5.74, 6) is 0.168. The first kappa shape index (κ1) is 13.6. The Balaban J connectivity index is 1.95. The molecule has 0 aliphatic heterocycles. The minimum atomic E-state index is -0.348. The highest BCUT2D eigenvalue weighted by atomic mass is 35.5. The van der Waals surface area contributed by atoms with E-state index >= 15 is 0 Å². The van der Waals surface area contributed by atoms with E-state index in [1.54, 1.807) is 36.5 Å². The largest absolute Gasteiger partial charge is 0.482 e. The molecule has 0 fully saturated rings. The topological polar surface area (TPSA) is 51.2 Å². The van der Waals surface area contributed by atoms with E-state index in [1.807, 2.05) is 0 Å². The molecule has 1 heterocycles. The molecule has 0 aliphatic carbocycles. The summed E-state index contributed by atoms with van der Waals surface area (Å²) in [6.45, 7) is -0.146. The first-order valence-electron chi connectivity index (χ1n) is 5.43. The van der Waals surface area contributed by atoms with Crippen LogP contribution in [-0.4, -0.2) is 17.5 Å². The second-order valence-corrected chi connectivity index (χ2v) is 4.44. The van der Waals surface area contributed by atoms with Crippen LogP contribution in [0.5, 0.6) is 5.75 Å². The Morgan fingerprint density at radius 2 is 1.95 bits per heavy atom. The Hall–Kier alpha value is -1.78. The van der Waals surface area contributed by atoms with Gasteiger partial charge in [-0.2, -0.15) is 0 Å². The molecule has 1 N–H and O–H groups in total. The number of halogens is 2. The Bertz CT molecular complexity index is 556. The zero-order valence-corrected chi connectivity index (χ0v) is 11.3. The first-order valence-corrected chi connectivity index (χ1v) is 6.19. The molecule has 98 valence electrons. The average molecular weight is 297 g/mol. The van der Waals surface area contributed by atoms with Crippen molar-refractivity contribution in [3.8, 4) is 5.75 Å². The van der Waals surface area contributed by atoms with Gasteiger partial charge in [0, 0.05) is 6.20 Å².